The SMILES string of the molecule is CC(=O)N/C(=C\c1ccccc1)C(=O)OCC(=O)Nc1ccc([N+](=O)[O-])cc1Br. The number of ether oxygens (including phenoxy) is 1. The van der Waals surface area contributed by atoms with Crippen LogP contribution in [0.5, 0.6) is 0 Å². The topological polar surface area (TPSA) is 128 Å². The molecule has 0 heterocycles. The second-order valence-corrected chi connectivity index (χ2v) is 6.55. The Morgan fingerprint density at radius 1 is 1.17 bits per heavy atom. The number of anilines is 1. The van der Waals surface area contributed by atoms with Crippen molar-refractivity contribution in [3.05, 3.63) is 74.4 Å². The van der Waals surface area contributed by atoms with Crippen molar-refractivity contribution in [3.63, 3.8) is 0 Å². The minimum Gasteiger partial charge on any atom is -0.451 e. The van der Waals surface area contributed by atoms with Gasteiger partial charge in [0.05, 0.1) is 10.6 Å². The minimum atomic E-state index is -0.887. The van der Waals surface area contributed by atoms with Crippen LogP contribution in [0, 0.1) is 10.1 Å². The van der Waals surface area contributed by atoms with Crippen molar-refractivity contribution >= 4 is 51.2 Å². The summed E-state index contributed by atoms with van der Waals surface area (Å²) in [5.74, 6) is -2.01. The van der Waals surface area contributed by atoms with E-state index in [1.807, 2.05) is 0 Å². The predicted octanol–water partition coefficient (Wildman–Crippen LogP) is 3.02. The Hall–Kier alpha value is -3.53. The summed E-state index contributed by atoms with van der Waals surface area (Å²) in [7, 11) is 0. The molecular formula is C19H16BrN3O6. The molecule has 0 spiro atoms. The number of nitrogens with one attached hydrogen (secondary N) is 2. The standard InChI is InChI=1S/C19H16BrN3O6/c1-12(24)21-17(9-13-5-3-2-4-6-13)19(26)29-11-18(25)22-16-8-7-14(23(27)28)10-15(16)20/h2-10H,11H2,1H3,(H,21,24)(H,22,25)/b17-9-. The first-order valence-electron chi connectivity index (χ1n) is 8.21. The summed E-state index contributed by atoms with van der Waals surface area (Å²) in [6.07, 6.45) is 1.43. The number of hydrogen-bond acceptors (Lipinski definition) is 6. The highest BCUT2D eigenvalue weighted by atomic mass is 79.9. The van der Waals surface area contributed by atoms with Gasteiger partial charge in [-0.25, -0.2) is 4.79 Å². The summed E-state index contributed by atoms with van der Waals surface area (Å²) < 4.78 is 5.26. The van der Waals surface area contributed by atoms with E-state index in [2.05, 4.69) is 26.6 Å². The second kappa shape index (κ2) is 10.1. The fourth-order valence-corrected chi connectivity index (χ4v) is 2.63. The number of carbonyl (C=O) groups is 3. The van der Waals surface area contributed by atoms with E-state index in [1.165, 1.54) is 31.2 Å². The third-order valence-electron chi connectivity index (χ3n) is 3.41. The van der Waals surface area contributed by atoms with Gasteiger partial charge in [-0.3, -0.25) is 19.7 Å². The van der Waals surface area contributed by atoms with Crippen LogP contribution in [0.15, 0.2) is 58.7 Å². The molecule has 0 aliphatic rings. The molecule has 2 aromatic rings. The molecule has 2 N–H and O–H groups in total. The third-order valence-corrected chi connectivity index (χ3v) is 4.07. The molecule has 0 saturated heterocycles. The van der Waals surface area contributed by atoms with Crippen LogP contribution in [0.1, 0.15) is 12.5 Å². The Kier molecular flexibility index (Phi) is 7.61. The van der Waals surface area contributed by atoms with Gasteiger partial charge in [-0.05, 0) is 33.6 Å². The van der Waals surface area contributed by atoms with Gasteiger partial charge in [0, 0.05) is 23.5 Å². The lowest BCUT2D eigenvalue weighted by Gasteiger charge is -2.10. The van der Waals surface area contributed by atoms with Crippen LogP contribution in [0.3, 0.4) is 0 Å². The minimum absolute atomic E-state index is 0.118. The number of nitrogens with zero attached hydrogens (tertiary/aromatic N) is 1. The zero-order chi connectivity index (χ0) is 21.4. The molecule has 0 aromatic heterocycles. The molecule has 0 atom stereocenters. The molecule has 0 unspecified atom stereocenters. The van der Waals surface area contributed by atoms with E-state index in [-0.39, 0.29) is 17.1 Å². The number of amides is 2. The van der Waals surface area contributed by atoms with E-state index in [0.717, 1.165) is 0 Å². The maximum atomic E-state index is 12.3. The number of hydrogen-bond donors (Lipinski definition) is 2. The van der Waals surface area contributed by atoms with Crippen molar-refractivity contribution in [2.75, 3.05) is 11.9 Å². The zero-order valence-electron chi connectivity index (χ0n) is 15.2. The molecule has 0 aliphatic carbocycles. The highest BCUT2D eigenvalue weighted by molar-refractivity contribution is 9.10. The summed E-state index contributed by atoms with van der Waals surface area (Å²) >= 11 is 3.13. The van der Waals surface area contributed by atoms with E-state index >= 15 is 0 Å². The largest absolute Gasteiger partial charge is 0.451 e. The number of nitro benzene ring substituents is 1. The van der Waals surface area contributed by atoms with Gasteiger partial charge in [0.1, 0.15) is 5.70 Å². The van der Waals surface area contributed by atoms with Gasteiger partial charge in [0.25, 0.3) is 11.6 Å². The number of rotatable bonds is 7. The maximum Gasteiger partial charge on any atom is 0.355 e. The molecule has 10 heteroatoms. The van der Waals surface area contributed by atoms with Crippen LogP contribution in [-0.4, -0.2) is 29.3 Å². The second-order valence-electron chi connectivity index (χ2n) is 5.70. The number of non-ortho nitro benzene ring substituents is 1. The van der Waals surface area contributed by atoms with Crippen molar-refractivity contribution in [1.82, 2.24) is 5.32 Å². The van der Waals surface area contributed by atoms with Crippen LogP contribution in [-0.2, 0) is 19.1 Å². The Labute approximate surface area is 174 Å². The molecule has 0 saturated carbocycles. The monoisotopic (exact) mass is 461 g/mol. The van der Waals surface area contributed by atoms with E-state index in [4.69, 9.17) is 4.74 Å². The molecule has 9 nitrogen and oxygen atoms in total. The number of halogens is 1. The number of carbonyl (C=O) groups excluding carboxylic acids is 3. The van der Waals surface area contributed by atoms with Crippen LogP contribution in [0.2, 0.25) is 0 Å². The summed E-state index contributed by atoms with van der Waals surface area (Å²) in [5.41, 5.74) is 0.673. The van der Waals surface area contributed by atoms with Crippen LogP contribution in [0.25, 0.3) is 6.08 Å². The molecule has 150 valence electrons. The smallest absolute Gasteiger partial charge is 0.355 e. The van der Waals surface area contributed by atoms with Gasteiger partial charge in [-0.1, -0.05) is 30.3 Å². The molecule has 2 rings (SSSR count). The molecule has 0 fully saturated rings. The Bertz CT molecular complexity index is 975. The molecule has 2 amide bonds. The molecule has 2 aromatic carbocycles. The Morgan fingerprint density at radius 3 is 2.45 bits per heavy atom. The predicted molar refractivity (Wildman–Crippen MR) is 109 cm³/mol. The first-order chi connectivity index (χ1) is 13.8. The normalized spacial score (nSPS) is 10.8. The molecule has 29 heavy (non-hydrogen) atoms. The van der Waals surface area contributed by atoms with Crippen molar-refractivity contribution in [2.24, 2.45) is 0 Å². The van der Waals surface area contributed by atoms with Gasteiger partial charge < -0.3 is 15.4 Å². The van der Waals surface area contributed by atoms with Crippen molar-refractivity contribution in [2.45, 2.75) is 6.92 Å². The van der Waals surface area contributed by atoms with E-state index in [1.54, 1.807) is 30.3 Å². The van der Waals surface area contributed by atoms with E-state index in [0.29, 0.717) is 10.0 Å². The van der Waals surface area contributed by atoms with Gasteiger partial charge >= 0.3 is 5.97 Å². The lowest BCUT2D eigenvalue weighted by Crippen LogP contribution is -2.28. The fraction of sp³-hybridized carbons (Fsp3) is 0.105. The van der Waals surface area contributed by atoms with Crippen molar-refractivity contribution in [1.29, 1.82) is 0 Å². The fourth-order valence-electron chi connectivity index (χ4n) is 2.17. The van der Waals surface area contributed by atoms with Crippen molar-refractivity contribution < 1.29 is 24.0 Å². The average molecular weight is 462 g/mol. The van der Waals surface area contributed by atoms with Crippen LogP contribution in [0.4, 0.5) is 11.4 Å². The summed E-state index contributed by atoms with van der Waals surface area (Å²) in [6.45, 7) is 0.624. The lowest BCUT2D eigenvalue weighted by molar-refractivity contribution is -0.384. The number of benzene rings is 2. The van der Waals surface area contributed by atoms with E-state index < -0.39 is 29.3 Å². The third kappa shape index (κ3) is 6.85. The first kappa shape index (κ1) is 21.8. The molecular weight excluding hydrogens is 446 g/mol. The zero-order valence-corrected chi connectivity index (χ0v) is 16.8. The van der Waals surface area contributed by atoms with E-state index in [9.17, 15) is 24.5 Å². The number of esters is 1. The Morgan fingerprint density at radius 2 is 1.86 bits per heavy atom. The summed E-state index contributed by atoms with van der Waals surface area (Å²) in [4.78, 5) is 45.8. The quantitative estimate of drug-likeness (QED) is 0.282. The highest BCUT2D eigenvalue weighted by Gasteiger charge is 2.16. The molecule has 0 aliphatic heterocycles. The van der Waals surface area contributed by atoms with Crippen LogP contribution < -0.4 is 10.6 Å². The summed E-state index contributed by atoms with van der Waals surface area (Å²) in [5, 5.41) is 15.6. The Balaban J connectivity index is 2.02. The average Bonchev–Trinajstić information content (AvgIpc) is 2.67. The van der Waals surface area contributed by atoms with Gasteiger partial charge in [-0.2, -0.15) is 0 Å². The molecule has 0 radical (unpaired) electrons. The van der Waals surface area contributed by atoms with Crippen LogP contribution >= 0.6 is 15.9 Å². The summed E-state index contributed by atoms with van der Waals surface area (Å²) in [6, 6.07) is 12.6. The number of nitro groups is 1. The van der Waals surface area contributed by atoms with Gasteiger partial charge in [0.15, 0.2) is 6.61 Å². The maximum absolute atomic E-state index is 12.3. The van der Waals surface area contributed by atoms with Gasteiger partial charge in [-0.15, -0.1) is 0 Å². The lowest BCUT2D eigenvalue weighted by atomic mass is 10.2. The first-order valence-corrected chi connectivity index (χ1v) is 9.01. The highest BCUT2D eigenvalue weighted by Crippen LogP contribution is 2.27. The van der Waals surface area contributed by atoms with Gasteiger partial charge in [0.2, 0.25) is 5.91 Å². The molecule has 0 bridgehead atoms. The van der Waals surface area contributed by atoms with Crippen molar-refractivity contribution in [3.8, 4) is 0 Å².